The lowest BCUT2D eigenvalue weighted by molar-refractivity contribution is -0.384. The monoisotopic (exact) mass is 383 g/mol. The summed E-state index contributed by atoms with van der Waals surface area (Å²) >= 11 is 0. The molecule has 1 aromatic carbocycles. The van der Waals surface area contributed by atoms with Crippen LogP contribution in [0.4, 0.5) is 16.2 Å². The third-order valence-electron chi connectivity index (χ3n) is 3.28. The lowest BCUT2D eigenvalue weighted by atomic mass is 10.1. The number of carbonyl (C=O) groups excluding carboxylic acids is 1. The SMILES string of the molecule is CC.CC(C)(C)OC(=O)NCCCCCNc1ccc(CO)cc1[N+](=O)[O-]. The minimum atomic E-state index is -0.506. The Morgan fingerprint density at radius 1 is 1.19 bits per heavy atom. The molecule has 27 heavy (non-hydrogen) atoms. The predicted octanol–water partition coefficient (Wildman–Crippen LogP) is 4.22. The van der Waals surface area contributed by atoms with Crippen molar-refractivity contribution in [3.8, 4) is 0 Å². The number of ether oxygens (including phenoxy) is 1. The van der Waals surface area contributed by atoms with Gasteiger partial charge in [0.15, 0.2) is 0 Å². The number of aliphatic hydroxyl groups excluding tert-OH is 1. The van der Waals surface area contributed by atoms with Crippen LogP contribution in [-0.2, 0) is 11.3 Å². The van der Waals surface area contributed by atoms with E-state index in [1.807, 2.05) is 34.6 Å². The van der Waals surface area contributed by atoms with E-state index >= 15 is 0 Å². The first-order valence-electron chi connectivity index (χ1n) is 9.32. The van der Waals surface area contributed by atoms with Crippen molar-refractivity contribution in [2.45, 2.75) is 66.1 Å². The number of nitrogens with zero attached hydrogens (tertiary/aromatic N) is 1. The van der Waals surface area contributed by atoms with Crippen LogP contribution in [0.25, 0.3) is 0 Å². The van der Waals surface area contributed by atoms with E-state index in [1.165, 1.54) is 6.07 Å². The molecule has 3 N–H and O–H groups in total. The molecule has 0 atom stereocenters. The first-order chi connectivity index (χ1) is 12.7. The summed E-state index contributed by atoms with van der Waals surface area (Å²) in [6, 6.07) is 4.63. The van der Waals surface area contributed by atoms with Gasteiger partial charge in [-0.25, -0.2) is 4.79 Å². The highest BCUT2D eigenvalue weighted by Gasteiger charge is 2.15. The van der Waals surface area contributed by atoms with Crippen molar-refractivity contribution in [1.82, 2.24) is 5.32 Å². The van der Waals surface area contributed by atoms with Crippen molar-refractivity contribution in [2.24, 2.45) is 0 Å². The van der Waals surface area contributed by atoms with Crippen LogP contribution in [0.1, 0.15) is 59.4 Å². The lowest BCUT2D eigenvalue weighted by Crippen LogP contribution is -2.33. The van der Waals surface area contributed by atoms with Crippen LogP contribution in [0.2, 0.25) is 0 Å². The Balaban J connectivity index is 0.00000326. The number of nitro benzene ring substituents is 1. The average Bonchev–Trinajstić information content (AvgIpc) is 2.61. The minimum absolute atomic E-state index is 0.0434. The third kappa shape index (κ3) is 11.1. The molecule has 0 saturated carbocycles. The predicted molar refractivity (Wildman–Crippen MR) is 107 cm³/mol. The molecule has 0 saturated heterocycles. The smallest absolute Gasteiger partial charge is 0.407 e. The van der Waals surface area contributed by atoms with Crippen molar-refractivity contribution in [1.29, 1.82) is 0 Å². The molecule has 0 spiro atoms. The molecule has 0 aliphatic rings. The second-order valence-electron chi connectivity index (χ2n) is 6.68. The molecule has 154 valence electrons. The summed E-state index contributed by atoms with van der Waals surface area (Å²) in [7, 11) is 0. The molecule has 1 aromatic rings. The van der Waals surface area contributed by atoms with E-state index < -0.39 is 16.6 Å². The molecule has 1 amide bonds. The van der Waals surface area contributed by atoms with Gasteiger partial charge in [0.1, 0.15) is 11.3 Å². The molecular weight excluding hydrogens is 350 g/mol. The van der Waals surface area contributed by atoms with Crippen LogP contribution in [0.15, 0.2) is 18.2 Å². The minimum Gasteiger partial charge on any atom is -0.444 e. The molecule has 0 aromatic heterocycles. The molecular formula is C19H33N3O5. The van der Waals surface area contributed by atoms with Crippen LogP contribution in [0.5, 0.6) is 0 Å². The van der Waals surface area contributed by atoms with Crippen LogP contribution in [0.3, 0.4) is 0 Å². The van der Waals surface area contributed by atoms with E-state index in [0.717, 1.165) is 19.3 Å². The number of anilines is 1. The fourth-order valence-electron chi connectivity index (χ4n) is 2.13. The Morgan fingerprint density at radius 2 is 1.81 bits per heavy atom. The molecule has 0 unspecified atom stereocenters. The summed E-state index contributed by atoms with van der Waals surface area (Å²) in [5.41, 5.74) is 0.395. The maximum Gasteiger partial charge on any atom is 0.407 e. The van der Waals surface area contributed by atoms with Crippen molar-refractivity contribution in [3.63, 3.8) is 0 Å². The van der Waals surface area contributed by atoms with E-state index in [0.29, 0.717) is 24.3 Å². The number of hydrogen-bond acceptors (Lipinski definition) is 6. The highest BCUT2D eigenvalue weighted by Crippen LogP contribution is 2.25. The molecule has 0 bridgehead atoms. The molecule has 0 aliphatic heterocycles. The maximum absolute atomic E-state index is 11.5. The number of aliphatic hydroxyl groups is 1. The van der Waals surface area contributed by atoms with Gasteiger partial charge in [-0.15, -0.1) is 0 Å². The summed E-state index contributed by atoms with van der Waals surface area (Å²) in [4.78, 5) is 22.1. The summed E-state index contributed by atoms with van der Waals surface area (Å²) in [6.45, 7) is 10.3. The average molecular weight is 383 g/mol. The molecule has 8 nitrogen and oxygen atoms in total. The van der Waals surface area contributed by atoms with E-state index in [-0.39, 0.29) is 12.3 Å². The number of alkyl carbamates (subject to hydrolysis) is 1. The standard InChI is InChI=1S/C17H27N3O5.C2H6/c1-17(2,3)25-16(22)19-10-6-4-5-9-18-14-8-7-13(12-21)11-15(14)20(23)24;1-2/h7-8,11,18,21H,4-6,9-10,12H2,1-3H3,(H,19,22);1-2H3. The fourth-order valence-corrected chi connectivity index (χ4v) is 2.13. The van der Waals surface area contributed by atoms with E-state index in [2.05, 4.69) is 10.6 Å². The third-order valence-corrected chi connectivity index (χ3v) is 3.28. The van der Waals surface area contributed by atoms with Crippen LogP contribution in [-0.4, -0.2) is 34.8 Å². The highest BCUT2D eigenvalue weighted by atomic mass is 16.6. The Kier molecular flexibility index (Phi) is 11.8. The number of unbranched alkanes of at least 4 members (excludes halogenated alkanes) is 2. The first-order valence-corrected chi connectivity index (χ1v) is 9.32. The Morgan fingerprint density at radius 3 is 2.37 bits per heavy atom. The quantitative estimate of drug-likeness (QED) is 0.334. The van der Waals surface area contributed by atoms with Crippen molar-refractivity contribution in [3.05, 3.63) is 33.9 Å². The molecule has 1 rings (SSSR count). The van der Waals surface area contributed by atoms with Gasteiger partial charge in [-0.05, 0) is 51.7 Å². The van der Waals surface area contributed by atoms with Gasteiger partial charge in [-0.1, -0.05) is 19.9 Å². The van der Waals surface area contributed by atoms with Crippen molar-refractivity contribution in [2.75, 3.05) is 18.4 Å². The van der Waals surface area contributed by atoms with Gasteiger partial charge in [-0.2, -0.15) is 0 Å². The molecule has 8 heteroatoms. The summed E-state index contributed by atoms with van der Waals surface area (Å²) < 4.78 is 5.13. The Bertz CT molecular complexity index is 585. The second kappa shape index (κ2) is 12.9. The van der Waals surface area contributed by atoms with Gasteiger partial charge in [-0.3, -0.25) is 10.1 Å². The van der Waals surface area contributed by atoms with Crippen LogP contribution < -0.4 is 10.6 Å². The molecule has 0 fully saturated rings. The van der Waals surface area contributed by atoms with Crippen molar-refractivity contribution >= 4 is 17.5 Å². The second-order valence-corrected chi connectivity index (χ2v) is 6.68. The van der Waals surface area contributed by atoms with E-state index in [4.69, 9.17) is 9.84 Å². The largest absolute Gasteiger partial charge is 0.444 e. The highest BCUT2D eigenvalue weighted by molar-refractivity contribution is 5.67. The Hall–Kier alpha value is -2.35. The van der Waals surface area contributed by atoms with Gasteiger partial charge in [0.25, 0.3) is 5.69 Å². The number of carbonyl (C=O) groups is 1. The zero-order valence-corrected chi connectivity index (χ0v) is 17.0. The van der Waals surface area contributed by atoms with Gasteiger partial charge in [0, 0.05) is 19.2 Å². The normalized spacial score (nSPS) is 10.4. The number of nitro groups is 1. The summed E-state index contributed by atoms with van der Waals surface area (Å²) in [5, 5.41) is 25.8. The fraction of sp³-hybridized carbons (Fsp3) is 0.632. The number of hydrogen-bond donors (Lipinski definition) is 3. The molecule has 0 aliphatic carbocycles. The zero-order valence-electron chi connectivity index (χ0n) is 17.0. The van der Waals surface area contributed by atoms with Gasteiger partial charge < -0.3 is 20.5 Å². The summed E-state index contributed by atoms with van der Waals surface area (Å²) in [6.07, 6.45) is 2.05. The Labute approximate surface area is 161 Å². The molecule has 0 radical (unpaired) electrons. The van der Waals surface area contributed by atoms with Crippen LogP contribution in [0, 0.1) is 10.1 Å². The zero-order chi connectivity index (χ0) is 20.9. The number of rotatable bonds is 9. The van der Waals surface area contributed by atoms with Gasteiger partial charge >= 0.3 is 6.09 Å². The topological polar surface area (TPSA) is 114 Å². The number of amides is 1. The first kappa shape index (κ1) is 24.7. The number of nitrogens with one attached hydrogen (secondary N) is 2. The van der Waals surface area contributed by atoms with E-state index in [1.54, 1.807) is 12.1 Å². The lowest BCUT2D eigenvalue weighted by Gasteiger charge is -2.19. The maximum atomic E-state index is 11.5. The van der Waals surface area contributed by atoms with Crippen LogP contribution >= 0.6 is 0 Å². The number of benzene rings is 1. The molecule has 0 heterocycles. The van der Waals surface area contributed by atoms with Gasteiger partial charge in [0.2, 0.25) is 0 Å². The van der Waals surface area contributed by atoms with Crippen molar-refractivity contribution < 1.29 is 19.6 Å². The van der Waals surface area contributed by atoms with Gasteiger partial charge in [0.05, 0.1) is 11.5 Å². The summed E-state index contributed by atoms with van der Waals surface area (Å²) in [5.74, 6) is 0. The van der Waals surface area contributed by atoms with E-state index in [9.17, 15) is 14.9 Å².